The predicted molar refractivity (Wildman–Crippen MR) is 147 cm³/mol. The Morgan fingerprint density at radius 2 is 1.45 bits per heavy atom. The van der Waals surface area contributed by atoms with Crippen LogP contribution in [-0.2, 0) is 14.2 Å². The van der Waals surface area contributed by atoms with E-state index in [1.807, 2.05) is 19.1 Å². The maximum Gasteiger partial charge on any atom is 0.338 e. The van der Waals surface area contributed by atoms with E-state index in [2.05, 4.69) is 0 Å². The molecule has 3 aromatic carbocycles. The molecule has 0 amide bonds. The molecule has 0 N–H and O–H groups in total. The van der Waals surface area contributed by atoms with Crippen LogP contribution in [0.5, 0.6) is 0 Å². The van der Waals surface area contributed by atoms with Crippen molar-refractivity contribution in [2.24, 2.45) is 0 Å². The lowest BCUT2D eigenvalue weighted by Gasteiger charge is -2.19. The minimum Gasteiger partial charge on any atom is -0.459 e. The Bertz CT molecular complexity index is 1630. The van der Waals surface area contributed by atoms with Gasteiger partial charge >= 0.3 is 17.6 Å². The summed E-state index contributed by atoms with van der Waals surface area (Å²) in [5.41, 5.74) is 1.43. The van der Waals surface area contributed by atoms with Gasteiger partial charge in [0, 0.05) is 18.2 Å². The maximum atomic E-state index is 13.6. The van der Waals surface area contributed by atoms with Crippen molar-refractivity contribution in [2.75, 3.05) is 6.61 Å². The third-order valence-electron chi connectivity index (χ3n) is 6.72. The van der Waals surface area contributed by atoms with Crippen LogP contribution in [0.1, 0.15) is 44.5 Å². The number of aromatic nitrogens is 2. The molecule has 0 saturated carbocycles. The fourth-order valence-electron chi connectivity index (χ4n) is 4.57. The van der Waals surface area contributed by atoms with E-state index in [1.165, 1.54) is 10.8 Å². The molecule has 0 aliphatic carbocycles. The summed E-state index contributed by atoms with van der Waals surface area (Å²) in [5.74, 6) is -1.12. The van der Waals surface area contributed by atoms with Gasteiger partial charge in [0.2, 0.25) is 0 Å². The number of hydrogen-bond donors (Lipinski definition) is 0. The van der Waals surface area contributed by atoms with Gasteiger partial charge in [0.15, 0.2) is 0 Å². The van der Waals surface area contributed by atoms with Gasteiger partial charge in [0.05, 0.1) is 16.8 Å². The lowest BCUT2D eigenvalue weighted by atomic mass is 10.1. The van der Waals surface area contributed by atoms with E-state index >= 15 is 0 Å². The van der Waals surface area contributed by atoms with Crippen LogP contribution in [0.4, 0.5) is 0 Å². The zero-order valence-electron chi connectivity index (χ0n) is 22.1. The Kier molecular flexibility index (Phi) is 7.75. The monoisotopic (exact) mass is 540 g/mol. The highest BCUT2D eigenvalue weighted by atomic mass is 16.6. The highest BCUT2D eigenvalue weighted by molar-refractivity contribution is 5.90. The summed E-state index contributed by atoms with van der Waals surface area (Å²) in [6, 6.07) is 24.0. The van der Waals surface area contributed by atoms with Crippen molar-refractivity contribution in [1.82, 2.24) is 9.13 Å². The van der Waals surface area contributed by atoms with Gasteiger partial charge < -0.3 is 14.2 Å². The van der Waals surface area contributed by atoms with E-state index in [4.69, 9.17) is 14.2 Å². The van der Waals surface area contributed by atoms with Gasteiger partial charge in [-0.3, -0.25) is 9.36 Å². The standard InChI is InChI=1S/C31H28N2O7/c1-20-13-15-24(16-14-20)33-28(34)21(2)18-32(31(33)37)27-17-25(40-30(36)23-11-7-4-8-12-23)26(39-27)19-38-29(35)22-9-5-3-6-10-22/h3-16,18,25-27H,17,19H2,1-2H3/t25?,26-,27-/m0/s1. The number of benzene rings is 3. The largest absolute Gasteiger partial charge is 0.459 e. The molecule has 204 valence electrons. The van der Waals surface area contributed by atoms with Crippen molar-refractivity contribution in [2.45, 2.75) is 38.7 Å². The molecule has 1 aromatic heterocycles. The Hall–Kier alpha value is -4.76. The van der Waals surface area contributed by atoms with E-state index in [1.54, 1.807) is 79.7 Å². The second kappa shape index (κ2) is 11.5. The first kappa shape index (κ1) is 26.8. The van der Waals surface area contributed by atoms with Crippen LogP contribution in [0, 0.1) is 13.8 Å². The van der Waals surface area contributed by atoms with Gasteiger partial charge in [-0.2, -0.15) is 0 Å². The minimum atomic E-state index is -0.877. The van der Waals surface area contributed by atoms with Gasteiger partial charge in [-0.05, 0) is 50.2 Å². The molecule has 0 spiro atoms. The molecule has 0 bridgehead atoms. The Morgan fingerprint density at radius 1 is 0.850 bits per heavy atom. The van der Waals surface area contributed by atoms with Gasteiger partial charge in [0.25, 0.3) is 5.56 Å². The van der Waals surface area contributed by atoms with E-state index in [-0.39, 0.29) is 13.0 Å². The molecule has 1 fully saturated rings. The van der Waals surface area contributed by atoms with Crippen LogP contribution in [0.25, 0.3) is 5.69 Å². The van der Waals surface area contributed by atoms with E-state index < -0.39 is 41.6 Å². The van der Waals surface area contributed by atoms with Crippen molar-refractivity contribution >= 4 is 11.9 Å². The number of carbonyl (C=O) groups excluding carboxylic acids is 2. The zero-order chi connectivity index (χ0) is 28.2. The molecule has 1 aliphatic heterocycles. The number of carbonyl (C=O) groups is 2. The van der Waals surface area contributed by atoms with Crippen LogP contribution >= 0.6 is 0 Å². The molecule has 1 unspecified atom stereocenters. The quantitative estimate of drug-likeness (QED) is 0.327. The van der Waals surface area contributed by atoms with Crippen LogP contribution in [-0.4, -0.2) is 39.9 Å². The molecule has 2 heterocycles. The average molecular weight is 541 g/mol. The molecule has 40 heavy (non-hydrogen) atoms. The van der Waals surface area contributed by atoms with Gasteiger partial charge in [0.1, 0.15) is 25.0 Å². The van der Waals surface area contributed by atoms with Gasteiger partial charge in [-0.25, -0.2) is 19.0 Å². The first-order valence-corrected chi connectivity index (χ1v) is 12.9. The van der Waals surface area contributed by atoms with Crippen molar-refractivity contribution < 1.29 is 23.8 Å². The number of aryl methyl sites for hydroxylation is 2. The number of esters is 2. The molecule has 4 aromatic rings. The zero-order valence-corrected chi connectivity index (χ0v) is 22.1. The molecular formula is C31H28N2O7. The summed E-state index contributed by atoms with van der Waals surface area (Å²) in [5, 5.41) is 0. The Morgan fingerprint density at radius 3 is 2.08 bits per heavy atom. The highest BCUT2D eigenvalue weighted by Crippen LogP contribution is 2.31. The van der Waals surface area contributed by atoms with Gasteiger partial charge in [-0.1, -0.05) is 54.1 Å². The molecule has 3 atom stereocenters. The fraction of sp³-hybridized carbons (Fsp3) is 0.226. The van der Waals surface area contributed by atoms with Crippen molar-refractivity contribution in [3.05, 3.63) is 134 Å². The Labute approximate surface area is 230 Å². The van der Waals surface area contributed by atoms with E-state index in [9.17, 15) is 19.2 Å². The summed E-state index contributed by atoms with van der Waals surface area (Å²) in [6.07, 6.45) is -1.01. The van der Waals surface area contributed by atoms with Crippen molar-refractivity contribution in [1.29, 1.82) is 0 Å². The van der Waals surface area contributed by atoms with Gasteiger partial charge in [-0.15, -0.1) is 0 Å². The van der Waals surface area contributed by atoms with Crippen LogP contribution in [0.3, 0.4) is 0 Å². The molecule has 9 nitrogen and oxygen atoms in total. The fourth-order valence-corrected chi connectivity index (χ4v) is 4.57. The maximum absolute atomic E-state index is 13.6. The van der Waals surface area contributed by atoms with Crippen LogP contribution in [0.15, 0.2) is 101 Å². The van der Waals surface area contributed by atoms with E-state index in [0.717, 1.165) is 10.1 Å². The molecule has 1 aliphatic rings. The smallest absolute Gasteiger partial charge is 0.338 e. The summed E-state index contributed by atoms with van der Waals surface area (Å²) >= 11 is 0. The highest BCUT2D eigenvalue weighted by Gasteiger charge is 2.40. The molecule has 5 rings (SSSR count). The summed E-state index contributed by atoms with van der Waals surface area (Å²) in [7, 11) is 0. The SMILES string of the molecule is Cc1ccc(-n2c(=O)c(C)cn([C@@H]3CC(OC(=O)c4ccccc4)[C@H](COC(=O)c4ccccc4)O3)c2=O)cc1. The normalized spacial score (nSPS) is 18.3. The minimum absolute atomic E-state index is 0.109. The number of hydrogen-bond acceptors (Lipinski definition) is 7. The molecule has 1 saturated heterocycles. The summed E-state index contributed by atoms with van der Waals surface area (Å²) in [4.78, 5) is 52.0. The number of rotatable bonds is 7. The summed E-state index contributed by atoms with van der Waals surface area (Å²) in [6.45, 7) is 3.32. The first-order valence-electron chi connectivity index (χ1n) is 12.9. The molecule has 9 heteroatoms. The lowest BCUT2D eigenvalue weighted by Crippen LogP contribution is -2.41. The average Bonchev–Trinajstić information content (AvgIpc) is 3.37. The summed E-state index contributed by atoms with van der Waals surface area (Å²) < 4.78 is 19.8. The lowest BCUT2D eigenvalue weighted by molar-refractivity contribution is -0.0584. The number of nitrogens with zero attached hydrogens (tertiary/aromatic N) is 2. The topological polar surface area (TPSA) is 106 Å². The van der Waals surface area contributed by atoms with Crippen LogP contribution in [0.2, 0.25) is 0 Å². The number of ether oxygens (including phenoxy) is 3. The van der Waals surface area contributed by atoms with Crippen LogP contribution < -0.4 is 11.2 Å². The second-order valence-electron chi connectivity index (χ2n) is 9.62. The third kappa shape index (κ3) is 5.64. The predicted octanol–water partition coefficient (Wildman–Crippen LogP) is 3.99. The molecular weight excluding hydrogens is 512 g/mol. The Balaban J connectivity index is 1.44. The third-order valence-corrected chi connectivity index (χ3v) is 6.72. The van der Waals surface area contributed by atoms with E-state index in [0.29, 0.717) is 22.4 Å². The molecule has 0 radical (unpaired) electrons. The first-order chi connectivity index (χ1) is 19.3. The van der Waals surface area contributed by atoms with Crippen molar-refractivity contribution in [3.8, 4) is 5.69 Å². The second-order valence-corrected chi connectivity index (χ2v) is 9.62. The van der Waals surface area contributed by atoms with Crippen molar-refractivity contribution in [3.63, 3.8) is 0 Å².